The van der Waals surface area contributed by atoms with Crippen LogP contribution in [0.5, 0.6) is 5.75 Å². The second-order valence-electron chi connectivity index (χ2n) is 6.38. The fourth-order valence-corrected chi connectivity index (χ4v) is 3.12. The zero-order valence-electron chi connectivity index (χ0n) is 14.6. The average molecular weight is 384 g/mol. The molecule has 1 amide bonds. The molecule has 1 N–H and O–H groups in total. The largest absolute Gasteiger partial charge is 0.493 e. The van der Waals surface area contributed by atoms with Crippen molar-refractivity contribution in [2.24, 2.45) is 0 Å². The number of hydrogen-bond donors (Lipinski definition) is 1. The molecule has 1 aliphatic heterocycles. The van der Waals surface area contributed by atoms with Crippen molar-refractivity contribution < 1.29 is 22.7 Å². The van der Waals surface area contributed by atoms with Crippen LogP contribution < -0.4 is 10.1 Å². The number of anilines is 1. The lowest BCUT2D eigenvalue weighted by Crippen LogP contribution is -2.14. The van der Waals surface area contributed by atoms with Gasteiger partial charge >= 0.3 is 6.18 Å². The van der Waals surface area contributed by atoms with Crippen LogP contribution >= 0.6 is 0 Å². The summed E-state index contributed by atoms with van der Waals surface area (Å²) in [5.74, 6) is -0.229. The predicted octanol–water partition coefficient (Wildman–Crippen LogP) is 5.06. The quantitative estimate of drug-likeness (QED) is 0.629. The number of nitrogens with one attached hydrogen (secondary N) is 1. The summed E-state index contributed by atoms with van der Waals surface area (Å²) >= 11 is 0. The highest BCUT2D eigenvalue weighted by Gasteiger charge is 2.32. The van der Waals surface area contributed by atoms with E-state index < -0.39 is 11.7 Å². The number of hydrogen-bond acceptors (Lipinski definition) is 3. The molecule has 0 unspecified atom stereocenters. The minimum atomic E-state index is -4.44. The Morgan fingerprint density at radius 3 is 2.82 bits per heavy atom. The van der Waals surface area contributed by atoms with Crippen LogP contribution in [-0.2, 0) is 11.0 Å². The fraction of sp³-hybridized carbons (Fsp3) is 0.143. The molecule has 0 aliphatic carbocycles. The first-order valence-corrected chi connectivity index (χ1v) is 8.61. The molecule has 2 aromatic carbocycles. The highest BCUT2D eigenvalue weighted by molar-refractivity contribution is 6.05. The van der Waals surface area contributed by atoms with E-state index in [0.29, 0.717) is 23.2 Å². The molecule has 4 rings (SSSR count). The topological polar surface area (TPSA) is 51.2 Å². The van der Waals surface area contributed by atoms with Gasteiger partial charge in [0.2, 0.25) is 5.91 Å². The smallest absolute Gasteiger partial charge is 0.416 e. The maximum absolute atomic E-state index is 12.9. The normalized spacial score (nSPS) is 15.2. The number of halogens is 3. The third kappa shape index (κ3) is 3.69. The van der Waals surface area contributed by atoms with Crippen molar-refractivity contribution in [3.63, 3.8) is 0 Å². The van der Waals surface area contributed by atoms with Gasteiger partial charge in [0.1, 0.15) is 5.75 Å². The highest BCUT2D eigenvalue weighted by Crippen LogP contribution is 2.38. The van der Waals surface area contributed by atoms with Gasteiger partial charge in [0.25, 0.3) is 0 Å². The van der Waals surface area contributed by atoms with Crippen molar-refractivity contribution in [2.45, 2.75) is 12.6 Å². The molecule has 0 saturated carbocycles. The van der Waals surface area contributed by atoms with Crippen LogP contribution in [0.15, 0.2) is 60.8 Å². The lowest BCUT2D eigenvalue weighted by molar-refractivity contribution is -0.137. The van der Waals surface area contributed by atoms with E-state index >= 15 is 0 Å². The Hall–Kier alpha value is -3.35. The maximum Gasteiger partial charge on any atom is 0.416 e. The molecule has 3 aromatic rings. The summed E-state index contributed by atoms with van der Waals surface area (Å²) in [5.41, 5.74) is 1.69. The lowest BCUT2D eigenvalue weighted by atomic mass is 9.97. The van der Waals surface area contributed by atoms with E-state index in [4.69, 9.17) is 4.74 Å². The lowest BCUT2D eigenvalue weighted by Gasteiger charge is -2.21. The van der Waals surface area contributed by atoms with Gasteiger partial charge in [0.15, 0.2) is 0 Å². The second-order valence-corrected chi connectivity index (χ2v) is 6.38. The maximum atomic E-state index is 12.9. The monoisotopic (exact) mass is 384 g/mol. The number of amides is 1. The number of aromatic nitrogens is 1. The zero-order chi connectivity index (χ0) is 19.7. The molecule has 0 fully saturated rings. The number of ether oxygens (including phenoxy) is 1. The van der Waals surface area contributed by atoms with E-state index in [-0.39, 0.29) is 18.3 Å². The highest BCUT2D eigenvalue weighted by atomic mass is 19.4. The minimum absolute atomic E-state index is 0.134. The van der Waals surface area contributed by atoms with E-state index in [0.717, 1.165) is 23.0 Å². The zero-order valence-corrected chi connectivity index (χ0v) is 14.6. The number of benzene rings is 2. The Balaban J connectivity index is 1.58. The number of carbonyl (C=O) groups is 1. The standard InChI is InChI=1S/C21H15F3N2O2/c22-21(23,24)15-4-6-17-14(7-9-28-19(17)11-15)10-20(27)26-16-5-3-13-2-1-8-25-18(13)12-16/h1-6,8,10-12H,7,9H2,(H,26,27). The Bertz CT molecular complexity index is 1090. The Labute approximate surface area is 158 Å². The van der Waals surface area contributed by atoms with Crippen LogP contribution in [0.3, 0.4) is 0 Å². The molecule has 28 heavy (non-hydrogen) atoms. The van der Waals surface area contributed by atoms with E-state index in [2.05, 4.69) is 10.3 Å². The molecule has 0 saturated heterocycles. The summed E-state index contributed by atoms with van der Waals surface area (Å²) < 4.78 is 44.0. The van der Waals surface area contributed by atoms with Gasteiger partial charge < -0.3 is 10.1 Å². The molecular weight excluding hydrogens is 369 g/mol. The number of alkyl halides is 3. The van der Waals surface area contributed by atoms with Crippen LogP contribution in [0.4, 0.5) is 18.9 Å². The first kappa shape index (κ1) is 18.0. The van der Waals surface area contributed by atoms with Gasteiger partial charge in [0.05, 0.1) is 17.7 Å². The van der Waals surface area contributed by atoms with Crippen LogP contribution in [0.25, 0.3) is 16.5 Å². The number of rotatable bonds is 2. The van der Waals surface area contributed by atoms with Gasteiger partial charge in [0, 0.05) is 35.3 Å². The number of pyridine rings is 1. The summed E-state index contributed by atoms with van der Waals surface area (Å²) in [7, 11) is 0. The van der Waals surface area contributed by atoms with E-state index in [1.807, 2.05) is 18.2 Å². The minimum Gasteiger partial charge on any atom is -0.493 e. The van der Waals surface area contributed by atoms with Crippen molar-refractivity contribution in [1.82, 2.24) is 4.98 Å². The first-order chi connectivity index (χ1) is 13.4. The molecule has 0 spiro atoms. The summed E-state index contributed by atoms with van der Waals surface area (Å²) in [6, 6.07) is 12.4. The van der Waals surface area contributed by atoms with Crippen LogP contribution in [0.1, 0.15) is 17.5 Å². The van der Waals surface area contributed by atoms with Crippen molar-refractivity contribution in [3.8, 4) is 5.75 Å². The predicted molar refractivity (Wildman–Crippen MR) is 99.9 cm³/mol. The second kappa shape index (κ2) is 6.99. The van der Waals surface area contributed by atoms with Gasteiger partial charge in [-0.15, -0.1) is 0 Å². The van der Waals surface area contributed by atoms with Crippen LogP contribution in [0.2, 0.25) is 0 Å². The van der Waals surface area contributed by atoms with Crippen LogP contribution in [-0.4, -0.2) is 17.5 Å². The third-order valence-electron chi connectivity index (χ3n) is 4.46. The van der Waals surface area contributed by atoms with Crippen LogP contribution in [0, 0.1) is 0 Å². The van der Waals surface area contributed by atoms with Gasteiger partial charge in [-0.05, 0) is 35.9 Å². The Kier molecular flexibility index (Phi) is 4.50. The summed E-state index contributed by atoms with van der Waals surface area (Å²) in [5, 5.41) is 3.73. The summed E-state index contributed by atoms with van der Waals surface area (Å²) in [6.45, 7) is 0.216. The molecule has 0 radical (unpaired) electrons. The molecule has 0 bridgehead atoms. The molecule has 1 aromatic heterocycles. The van der Waals surface area contributed by atoms with Crippen molar-refractivity contribution >= 4 is 28.1 Å². The molecule has 2 heterocycles. The first-order valence-electron chi connectivity index (χ1n) is 8.61. The molecule has 7 heteroatoms. The molecular formula is C21H15F3N2O2. The van der Waals surface area contributed by atoms with E-state index in [9.17, 15) is 18.0 Å². The van der Waals surface area contributed by atoms with E-state index in [1.165, 1.54) is 12.1 Å². The summed E-state index contributed by atoms with van der Waals surface area (Å²) in [4.78, 5) is 16.7. The van der Waals surface area contributed by atoms with Gasteiger partial charge in [-0.25, -0.2) is 0 Å². The number of nitrogens with zero attached hydrogens (tertiary/aromatic N) is 1. The van der Waals surface area contributed by atoms with Gasteiger partial charge in [-0.1, -0.05) is 18.2 Å². The Morgan fingerprint density at radius 2 is 2.00 bits per heavy atom. The third-order valence-corrected chi connectivity index (χ3v) is 4.46. The number of fused-ring (bicyclic) bond motifs is 2. The van der Waals surface area contributed by atoms with Crippen molar-refractivity contribution in [2.75, 3.05) is 11.9 Å². The van der Waals surface area contributed by atoms with Crippen molar-refractivity contribution in [1.29, 1.82) is 0 Å². The number of carbonyl (C=O) groups excluding carboxylic acids is 1. The average Bonchev–Trinajstić information content (AvgIpc) is 2.67. The van der Waals surface area contributed by atoms with E-state index in [1.54, 1.807) is 18.3 Å². The van der Waals surface area contributed by atoms with Crippen molar-refractivity contribution in [3.05, 3.63) is 71.9 Å². The van der Waals surface area contributed by atoms with Gasteiger partial charge in [-0.3, -0.25) is 9.78 Å². The summed E-state index contributed by atoms with van der Waals surface area (Å²) in [6.07, 6.45) is -0.937. The Morgan fingerprint density at radius 1 is 1.14 bits per heavy atom. The fourth-order valence-electron chi connectivity index (χ4n) is 3.12. The molecule has 1 aliphatic rings. The van der Waals surface area contributed by atoms with Gasteiger partial charge in [-0.2, -0.15) is 13.2 Å². The molecule has 0 atom stereocenters. The molecule has 4 nitrogen and oxygen atoms in total. The molecule has 142 valence electrons. The SMILES string of the molecule is O=C(C=C1CCOc2cc(C(F)(F)F)ccc21)Nc1ccc2cccnc2c1.